The van der Waals surface area contributed by atoms with E-state index in [1.54, 1.807) is 6.20 Å². The maximum absolute atomic E-state index is 6.01. The molecule has 0 saturated heterocycles. The average molecular weight is 318 g/mol. The Morgan fingerprint density at radius 1 is 0.875 bits per heavy atom. The van der Waals surface area contributed by atoms with Crippen molar-refractivity contribution in [2.24, 2.45) is 0 Å². The molecule has 1 heterocycles. The highest BCUT2D eigenvalue weighted by atomic mass is 16.5. The number of benzene rings is 2. The van der Waals surface area contributed by atoms with Crippen molar-refractivity contribution in [2.45, 2.75) is 26.6 Å². The molecule has 0 spiro atoms. The average Bonchev–Trinajstić information content (AvgIpc) is 2.63. The fourth-order valence-corrected chi connectivity index (χ4v) is 2.48. The van der Waals surface area contributed by atoms with Crippen molar-refractivity contribution >= 4 is 0 Å². The number of rotatable bonds is 7. The van der Waals surface area contributed by atoms with E-state index in [0.29, 0.717) is 6.61 Å². The molecular weight excluding hydrogens is 296 g/mol. The van der Waals surface area contributed by atoms with Crippen LogP contribution >= 0.6 is 0 Å². The lowest BCUT2D eigenvalue weighted by Gasteiger charge is -2.12. The lowest BCUT2D eigenvalue weighted by atomic mass is 10.1. The summed E-state index contributed by atoms with van der Waals surface area (Å²) in [5, 5.41) is 3.44. The Morgan fingerprint density at radius 3 is 2.50 bits per heavy atom. The smallest absolute Gasteiger partial charge is 0.124 e. The van der Waals surface area contributed by atoms with E-state index in [0.717, 1.165) is 24.4 Å². The first-order chi connectivity index (χ1) is 11.8. The van der Waals surface area contributed by atoms with Gasteiger partial charge in [0.15, 0.2) is 0 Å². The number of hydrogen-bond donors (Lipinski definition) is 1. The lowest BCUT2D eigenvalue weighted by molar-refractivity contribution is 0.302. The molecule has 0 aliphatic heterocycles. The lowest BCUT2D eigenvalue weighted by Crippen LogP contribution is -2.13. The first-order valence-electron chi connectivity index (χ1n) is 8.17. The van der Waals surface area contributed by atoms with Gasteiger partial charge < -0.3 is 10.1 Å². The van der Waals surface area contributed by atoms with Crippen LogP contribution in [0, 0.1) is 6.92 Å². The van der Waals surface area contributed by atoms with Crippen molar-refractivity contribution in [3.8, 4) is 5.75 Å². The van der Waals surface area contributed by atoms with Gasteiger partial charge in [0.1, 0.15) is 12.4 Å². The summed E-state index contributed by atoms with van der Waals surface area (Å²) in [6.07, 6.45) is 3.67. The van der Waals surface area contributed by atoms with Gasteiger partial charge in [-0.15, -0.1) is 0 Å². The maximum Gasteiger partial charge on any atom is 0.124 e. The summed E-state index contributed by atoms with van der Waals surface area (Å²) in [6, 6.07) is 20.6. The standard InChI is InChI=1S/C21H22N2O/c1-17-8-10-18(11-9-17)16-24-21-7-3-2-6-20(21)15-23-14-19-5-4-12-22-13-19/h2-13,23H,14-16H2,1H3. The van der Waals surface area contributed by atoms with Crippen LogP contribution in [0.25, 0.3) is 0 Å². The Hall–Kier alpha value is -2.65. The number of nitrogens with zero attached hydrogens (tertiary/aromatic N) is 1. The van der Waals surface area contributed by atoms with Crippen LogP contribution in [0.2, 0.25) is 0 Å². The Bertz CT molecular complexity index is 754. The number of aryl methyl sites for hydroxylation is 1. The van der Waals surface area contributed by atoms with Gasteiger partial charge in [0.05, 0.1) is 0 Å². The number of nitrogens with one attached hydrogen (secondary N) is 1. The molecule has 0 aliphatic carbocycles. The molecule has 1 N–H and O–H groups in total. The maximum atomic E-state index is 6.01. The molecule has 0 amide bonds. The second-order valence-electron chi connectivity index (χ2n) is 5.85. The zero-order valence-corrected chi connectivity index (χ0v) is 13.9. The molecular formula is C21H22N2O. The fraction of sp³-hybridized carbons (Fsp3) is 0.190. The zero-order valence-electron chi connectivity index (χ0n) is 13.9. The Kier molecular flexibility index (Phi) is 5.59. The van der Waals surface area contributed by atoms with Crippen molar-refractivity contribution in [1.29, 1.82) is 0 Å². The topological polar surface area (TPSA) is 34.1 Å². The number of ether oxygens (including phenoxy) is 1. The molecule has 122 valence electrons. The van der Waals surface area contributed by atoms with Gasteiger partial charge in [-0.3, -0.25) is 4.98 Å². The van der Waals surface area contributed by atoms with Gasteiger partial charge in [-0.25, -0.2) is 0 Å². The minimum Gasteiger partial charge on any atom is -0.489 e. The van der Waals surface area contributed by atoms with Crippen LogP contribution < -0.4 is 10.1 Å². The fourth-order valence-electron chi connectivity index (χ4n) is 2.48. The quantitative estimate of drug-likeness (QED) is 0.707. The van der Waals surface area contributed by atoms with E-state index in [1.165, 1.54) is 16.7 Å². The molecule has 0 saturated carbocycles. The molecule has 0 fully saturated rings. The van der Waals surface area contributed by atoms with Gasteiger partial charge in [-0.05, 0) is 30.2 Å². The highest BCUT2D eigenvalue weighted by molar-refractivity contribution is 5.33. The molecule has 2 aromatic carbocycles. The molecule has 1 aromatic heterocycles. The van der Waals surface area contributed by atoms with Gasteiger partial charge in [0.25, 0.3) is 0 Å². The van der Waals surface area contributed by atoms with Gasteiger partial charge >= 0.3 is 0 Å². The van der Waals surface area contributed by atoms with E-state index in [2.05, 4.69) is 53.6 Å². The first-order valence-corrected chi connectivity index (χ1v) is 8.17. The summed E-state index contributed by atoms with van der Waals surface area (Å²) in [6.45, 7) is 4.23. The van der Waals surface area contributed by atoms with Gasteiger partial charge in [-0.2, -0.15) is 0 Å². The van der Waals surface area contributed by atoms with E-state index in [1.807, 2.05) is 30.5 Å². The molecule has 3 aromatic rings. The minimum atomic E-state index is 0.583. The van der Waals surface area contributed by atoms with Crippen LogP contribution in [0.5, 0.6) is 5.75 Å². The van der Waals surface area contributed by atoms with Crippen LogP contribution in [0.3, 0.4) is 0 Å². The first kappa shape index (κ1) is 16.2. The van der Waals surface area contributed by atoms with Crippen LogP contribution in [0.1, 0.15) is 22.3 Å². The van der Waals surface area contributed by atoms with Crippen molar-refractivity contribution in [1.82, 2.24) is 10.3 Å². The third-order valence-electron chi connectivity index (χ3n) is 3.85. The van der Waals surface area contributed by atoms with Crippen LogP contribution in [0.4, 0.5) is 0 Å². The number of aromatic nitrogens is 1. The monoisotopic (exact) mass is 318 g/mol. The van der Waals surface area contributed by atoms with Crippen molar-refractivity contribution < 1.29 is 4.74 Å². The van der Waals surface area contributed by atoms with E-state index in [-0.39, 0.29) is 0 Å². The third kappa shape index (κ3) is 4.67. The Balaban J connectivity index is 1.57. The Morgan fingerprint density at radius 2 is 1.71 bits per heavy atom. The molecule has 0 bridgehead atoms. The van der Waals surface area contributed by atoms with Gasteiger partial charge in [0.2, 0.25) is 0 Å². The SMILES string of the molecule is Cc1ccc(COc2ccccc2CNCc2cccnc2)cc1. The molecule has 3 nitrogen and oxygen atoms in total. The van der Waals surface area contributed by atoms with Crippen LogP contribution in [-0.2, 0) is 19.7 Å². The second kappa shape index (κ2) is 8.27. The highest BCUT2D eigenvalue weighted by Gasteiger charge is 2.03. The van der Waals surface area contributed by atoms with E-state index >= 15 is 0 Å². The summed E-state index contributed by atoms with van der Waals surface area (Å²) in [4.78, 5) is 4.13. The summed E-state index contributed by atoms with van der Waals surface area (Å²) in [5.74, 6) is 0.928. The van der Waals surface area contributed by atoms with Crippen molar-refractivity contribution in [3.05, 3.63) is 95.3 Å². The van der Waals surface area contributed by atoms with E-state index < -0.39 is 0 Å². The molecule has 0 aliphatic rings. The highest BCUT2D eigenvalue weighted by Crippen LogP contribution is 2.19. The second-order valence-corrected chi connectivity index (χ2v) is 5.85. The third-order valence-corrected chi connectivity index (χ3v) is 3.85. The summed E-state index contributed by atoms with van der Waals surface area (Å²) < 4.78 is 6.01. The Labute approximate surface area is 143 Å². The van der Waals surface area contributed by atoms with Crippen LogP contribution in [-0.4, -0.2) is 4.98 Å². The predicted molar refractivity (Wildman–Crippen MR) is 96.7 cm³/mol. The molecule has 0 atom stereocenters. The summed E-state index contributed by atoms with van der Waals surface area (Å²) >= 11 is 0. The number of para-hydroxylation sites is 1. The number of pyridine rings is 1. The molecule has 24 heavy (non-hydrogen) atoms. The predicted octanol–water partition coefficient (Wildman–Crippen LogP) is 4.26. The zero-order chi connectivity index (χ0) is 16.6. The van der Waals surface area contributed by atoms with Crippen LogP contribution in [0.15, 0.2) is 73.1 Å². The number of hydrogen-bond acceptors (Lipinski definition) is 3. The van der Waals surface area contributed by atoms with Crippen molar-refractivity contribution in [3.63, 3.8) is 0 Å². The minimum absolute atomic E-state index is 0.583. The van der Waals surface area contributed by atoms with Gasteiger partial charge in [0, 0.05) is 31.0 Å². The molecule has 0 radical (unpaired) electrons. The molecule has 3 rings (SSSR count). The van der Waals surface area contributed by atoms with E-state index in [4.69, 9.17) is 4.74 Å². The molecule has 3 heteroatoms. The van der Waals surface area contributed by atoms with Crippen molar-refractivity contribution in [2.75, 3.05) is 0 Å². The normalized spacial score (nSPS) is 10.5. The largest absolute Gasteiger partial charge is 0.489 e. The van der Waals surface area contributed by atoms with Gasteiger partial charge in [-0.1, -0.05) is 54.1 Å². The van der Waals surface area contributed by atoms with E-state index in [9.17, 15) is 0 Å². The molecule has 0 unspecified atom stereocenters. The summed E-state index contributed by atoms with van der Waals surface area (Å²) in [5.41, 5.74) is 4.78. The summed E-state index contributed by atoms with van der Waals surface area (Å²) in [7, 11) is 0.